The topological polar surface area (TPSA) is 80.6 Å². The van der Waals surface area contributed by atoms with E-state index in [1.54, 1.807) is 6.08 Å². The van der Waals surface area contributed by atoms with Gasteiger partial charge in [-0.3, -0.25) is 9.79 Å². The minimum absolute atomic E-state index is 0.209. The molecule has 1 N–H and O–H groups in total. The maximum Gasteiger partial charge on any atom is 0.341 e. The van der Waals surface area contributed by atoms with Crippen molar-refractivity contribution in [3.8, 4) is 0 Å². The van der Waals surface area contributed by atoms with Crippen molar-refractivity contribution >= 4 is 29.3 Å². The third-order valence-corrected chi connectivity index (χ3v) is 2.84. The van der Waals surface area contributed by atoms with E-state index in [-0.39, 0.29) is 16.6 Å². The van der Waals surface area contributed by atoms with Crippen LogP contribution in [0.1, 0.15) is 16.8 Å². The highest BCUT2D eigenvalue weighted by Gasteiger charge is 2.21. The predicted molar refractivity (Wildman–Crippen MR) is 73.7 cm³/mol. The number of aromatic nitrogens is 1. The summed E-state index contributed by atoms with van der Waals surface area (Å²) in [5, 5.41) is 2.80. The number of amides is 1. The highest BCUT2D eigenvalue weighted by atomic mass is 35.5. The van der Waals surface area contributed by atoms with Crippen LogP contribution in [0.15, 0.2) is 35.0 Å². The Morgan fingerprint density at radius 3 is 2.95 bits per heavy atom. The predicted octanol–water partition coefficient (Wildman–Crippen LogP) is 1.37. The lowest BCUT2D eigenvalue weighted by Gasteiger charge is -2.14. The van der Waals surface area contributed by atoms with Gasteiger partial charge < -0.3 is 10.1 Å². The van der Waals surface area contributed by atoms with Crippen molar-refractivity contribution in [1.29, 1.82) is 0 Å². The molecule has 0 unspecified atom stereocenters. The van der Waals surface area contributed by atoms with Gasteiger partial charge in [-0.05, 0) is 18.6 Å². The Morgan fingerprint density at radius 2 is 2.25 bits per heavy atom. The van der Waals surface area contributed by atoms with E-state index < -0.39 is 11.9 Å². The third-order valence-electron chi connectivity index (χ3n) is 2.63. The molecule has 0 bridgehead atoms. The fourth-order valence-electron chi connectivity index (χ4n) is 1.69. The number of rotatable bonds is 2. The smallest absolute Gasteiger partial charge is 0.341 e. The average Bonchev–Trinajstić information content (AvgIpc) is 2.47. The summed E-state index contributed by atoms with van der Waals surface area (Å²) < 4.78 is 4.66. The van der Waals surface area contributed by atoms with Gasteiger partial charge in [-0.1, -0.05) is 17.7 Å². The fraction of sp³-hybridized carbons (Fsp3) is 0.231. The van der Waals surface area contributed by atoms with Crippen LogP contribution in [-0.4, -0.2) is 36.4 Å². The van der Waals surface area contributed by atoms with E-state index in [0.717, 1.165) is 0 Å². The van der Waals surface area contributed by atoms with Gasteiger partial charge in [0, 0.05) is 18.3 Å². The summed E-state index contributed by atoms with van der Waals surface area (Å²) in [7, 11) is 1.28. The molecule has 2 rings (SSSR count). The first kappa shape index (κ1) is 14.2. The van der Waals surface area contributed by atoms with Crippen molar-refractivity contribution in [2.45, 2.75) is 6.42 Å². The Hall–Kier alpha value is -2.21. The molecule has 0 spiro atoms. The first-order valence-electron chi connectivity index (χ1n) is 5.88. The number of hydrogen-bond acceptors (Lipinski definition) is 5. The standard InChI is InChI=1S/C13H12ClN3O3/c1-20-13(19)9-3-2-5-16-11(9)17-12(18)8-4-6-15-10(14)7-8/h3-4,6-7H,2,5H2,1H3,(H,16,17,18). The van der Waals surface area contributed by atoms with Gasteiger partial charge >= 0.3 is 5.97 Å². The summed E-state index contributed by atoms with van der Waals surface area (Å²) in [6.07, 6.45) is 3.75. The van der Waals surface area contributed by atoms with Crippen LogP contribution in [0.25, 0.3) is 0 Å². The number of nitrogens with one attached hydrogen (secondary N) is 1. The van der Waals surface area contributed by atoms with Crippen LogP contribution >= 0.6 is 11.6 Å². The quantitative estimate of drug-likeness (QED) is 0.659. The van der Waals surface area contributed by atoms with E-state index >= 15 is 0 Å². The Kier molecular flexibility index (Phi) is 4.47. The molecule has 1 aliphatic heterocycles. The molecule has 1 amide bonds. The van der Waals surface area contributed by atoms with Gasteiger partial charge in [0.2, 0.25) is 0 Å². The number of amidine groups is 1. The molecule has 0 saturated heterocycles. The maximum absolute atomic E-state index is 12.1. The zero-order chi connectivity index (χ0) is 14.5. The van der Waals surface area contributed by atoms with Crippen molar-refractivity contribution in [2.75, 3.05) is 13.7 Å². The molecule has 0 aliphatic carbocycles. The van der Waals surface area contributed by atoms with Gasteiger partial charge in [0.25, 0.3) is 5.91 Å². The zero-order valence-corrected chi connectivity index (χ0v) is 11.5. The second kappa shape index (κ2) is 6.29. The maximum atomic E-state index is 12.1. The molecule has 0 atom stereocenters. The van der Waals surface area contributed by atoms with Gasteiger partial charge in [0.1, 0.15) is 11.0 Å². The van der Waals surface area contributed by atoms with E-state index in [0.29, 0.717) is 18.5 Å². The summed E-state index contributed by atoms with van der Waals surface area (Å²) in [6, 6.07) is 2.95. The molecule has 1 aromatic heterocycles. The summed E-state index contributed by atoms with van der Waals surface area (Å²) in [6.45, 7) is 0.507. The number of nitrogens with zero attached hydrogens (tertiary/aromatic N) is 2. The van der Waals surface area contributed by atoms with Crippen molar-refractivity contribution < 1.29 is 14.3 Å². The number of methoxy groups -OCH3 is 1. The minimum atomic E-state index is -0.531. The van der Waals surface area contributed by atoms with E-state index in [4.69, 9.17) is 11.6 Å². The van der Waals surface area contributed by atoms with Crippen LogP contribution in [0.4, 0.5) is 0 Å². The van der Waals surface area contributed by atoms with Gasteiger partial charge in [0.15, 0.2) is 0 Å². The number of aliphatic imine (C=N–C) groups is 1. The summed E-state index contributed by atoms with van der Waals surface area (Å²) >= 11 is 5.73. The highest BCUT2D eigenvalue weighted by molar-refractivity contribution is 6.30. The minimum Gasteiger partial charge on any atom is -0.465 e. The Bertz CT molecular complexity index is 611. The molecule has 7 heteroatoms. The molecular weight excluding hydrogens is 282 g/mol. The lowest BCUT2D eigenvalue weighted by Crippen LogP contribution is -2.35. The molecule has 0 fully saturated rings. The van der Waals surface area contributed by atoms with Gasteiger partial charge in [-0.15, -0.1) is 0 Å². The fourth-order valence-corrected chi connectivity index (χ4v) is 1.86. The van der Waals surface area contributed by atoms with Crippen molar-refractivity contribution in [3.05, 3.63) is 40.7 Å². The number of carbonyl (C=O) groups excluding carboxylic acids is 2. The SMILES string of the molecule is COC(=O)C1=CCCN=C1NC(=O)c1ccnc(Cl)c1. The Balaban J connectivity index is 2.16. The number of esters is 1. The first-order valence-corrected chi connectivity index (χ1v) is 6.26. The van der Waals surface area contributed by atoms with Crippen LogP contribution in [0.3, 0.4) is 0 Å². The van der Waals surface area contributed by atoms with Gasteiger partial charge in [-0.25, -0.2) is 9.78 Å². The molecule has 2 heterocycles. The summed E-state index contributed by atoms with van der Waals surface area (Å²) in [5.41, 5.74) is 0.592. The number of hydrogen-bond donors (Lipinski definition) is 1. The second-order valence-electron chi connectivity index (χ2n) is 3.95. The largest absolute Gasteiger partial charge is 0.465 e. The molecule has 0 radical (unpaired) electrons. The highest BCUT2D eigenvalue weighted by Crippen LogP contribution is 2.10. The lowest BCUT2D eigenvalue weighted by molar-refractivity contribution is -0.135. The number of halogens is 1. The van der Waals surface area contributed by atoms with Gasteiger partial charge in [0.05, 0.1) is 12.7 Å². The van der Waals surface area contributed by atoms with Crippen molar-refractivity contribution in [2.24, 2.45) is 4.99 Å². The molecule has 6 nitrogen and oxygen atoms in total. The molecule has 20 heavy (non-hydrogen) atoms. The molecular formula is C13H12ClN3O3. The zero-order valence-electron chi connectivity index (χ0n) is 10.7. The summed E-state index contributed by atoms with van der Waals surface area (Å²) in [4.78, 5) is 31.6. The lowest BCUT2D eigenvalue weighted by atomic mass is 10.1. The number of pyridine rings is 1. The van der Waals surface area contributed by atoms with Crippen LogP contribution in [0.2, 0.25) is 5.15 Å². The van der Waals surface area contributed by atoms with Crippen molar-refractivity contribution in [3.63, 3.8) is 0 Å². The number of carbonyl (C=O) groups is 2. The first-order chi connectivity index (χ1) is 9.61. The second-order valence-corrected chi connectivity index (χ2v) is 4.34. The van der Waals surface area contributed by atoms with Crippen molar-refractivity contribution in [1.82, 2.24) is 10.3 Å². The van der Waals surface area contributed by atoms with Gasteiger partial charge in [-0.2, -0.15) is 0 Å². The van der Waals surface area contributed by atoms with E-state index in [1.165, 1.54) is 25.4 Å². The summed E-state index contributed by atoms with van der Waals surface area (Å²) in [5.74, 6) is -0.734. The Morgan fingerprint density at radius 1 is 1.45 bits per heavy atom. The van der Waals surface area contributed by atoms with Crippen LogP contribution in [0, 0.1) is 0 Å². The molecule has 104 valence electrons. The average molecular weight is 294 g/mol. The third kappa shape index (κ3) is 3.21. The number of dihydropyridines is 1. The monoisotopic (exact) mass is 293 g/mol. The molecule has 1 aliphatic rings. The Labute approximate surface area is 120 Å². The number of ether oxygens (including phenoxy) is 1. The molecule has 0 aromatic carbocycles. The molecule has 1 aromatic rings. The van der Waals surface area contributed by atoms with Crippen LogP contribution in [0.5, 0.6) is 0 Å². The van der Waals surface area contributed by atoms with E-state index in [2.05, 4.69) is 20.0 Å². The molecule has 0 saturated carbocycles. The van der Waals surface area contributed by atoms with E-state index in [1.807, 2.05) is 0 Å². The van der Waals surface area contributed by atoms with Crippen LogP contribution in [-0.2, 0) is 9.53 Å². The van der Waals surface area contributed by atoms with E-state index in [9.17, 15) is 9.59 Å². The van der Waals surface area contributed by atoms with Crippen LogP contribution < -0.4 is 5.32 Å². The normalized spacial score (nSPS) is 14.1.